The lowest BCUT2D eigenvalue weighted by Crippen LogP contribution is -2.41. The number of carbonyl (C=O) groups excluding carboxylic acids is 1. The molecule has 1 atom stereocenters. The van der Waals surface area contributed by atoms with E-state index in [9.17, 15) is 4.79 Å². The van der Waals surface area contributed by atoms with E-state index in [0.29, 0.717) is 12.1 Å². The second-order valence-corrected chi connectivity index (χ2v) is 4.11. The first-order valence-corrected chi connectivity index (χ1v) is 5.86. The first kappa shape index (κ1) is 12.4. The molecule has 1 heterocycles. The molecule has 0 aliphatic carbocycles. The molecule has 0 radical (unpaired) electrons. The standard InChI is InChI=1S/C14H16N2O2/c15-9-13(8-11-4-2-1-3-5-11)16-14(17)12-6-7-18-10-12/h1-7,10,13H,8-9,15H2,(H,16,17). The summed E-state index contributed by atoms with van der Waals surface area (Å²) in [6.45, 7) is 0.401. The maximum atomic E-state index is 11.8. The van der Waals surface area contributed by atoms with Crippen molar-refractivity contribution in [1.29, 1.82) is 0 Å². The number of hydrogen-bond acceptors (Lipinski definition) is 3. The Labute approximate surface area is 106 Å². The van der Waals surface area contributed by atoms with E-state index in [2.05, 4.69) is 5.32 Å². The van der Waals surface area contributed by atoms with Crippen LogP contribution in [0.25, 0.3) is 0 Å². The van der Waals surface area contributed by atoms with Crippen LogP contribution in [0.4, 0.5) is 0 Å². The van der Waals surface area contributed by atoms with Gasteiger partial charge < -0.3 is 15.5 Å². The van der Waals surface area contributed by atoms with Gasteiger partial charge in [-0.15, -0.1) is 0 Å². The highest BCUT2D eigenvalue weighted by Gasteiger charge is 2.13. The normalized spacial score (nSPS) is 12.1. The summed E-state index contributed by atoms with van der Waals surface area (Å²) in [5.41, 5.74) is 7.35. The van der Waals surface area contributed by atoms with Gasteiger partial charge in [-0.1, -0.05) is 30.3 Å². The first-order chi connectivity index (χ1) is 8.79. The van der Waals surface area contributed by atoms with E-state index in [4.69, 9.17) is 10.2 Å². The summed E-state index contributed by atoms with van der Waals surface area (Å²) < 4.78 is 4.88. The fraction of sp³-hybridized carbons (Fsp3) is 0.214. The van der Waals surface area contributed by atoms with Crippen LogP contribution in [0.15, 0.2) is 53.3 Å². The van der Waals surface area contributed by atoms with Gasteiger partial charge >= 0.3 is 0 Å². The van der Waals surface area contributed by atoms with Crippen LogP contribution in [0, 0.1) is 0 Å². The molecule has 1 unspecified atom stereocenters. The third-order valence-corrected chi connectivity index (χ3v) is 2.73. The number of carbonyl (C=O) groups is 1. The Kier molecular flexibility index (Phi) is 4.15. The Morgan fingerprint density at radius 2 is 2.06 bits per heavy atom. The lowest BCUT2D eigenvalue weighted by atomic mass is 10.1. The van der Waals surface area contributed by atoms with Crippen LogP contribution >= 0.6 is 0 Å². The van der Waals surface area contributed by atoms with Crippen molar-refractivity contribution in [3.63, 3.8) is 0 Å². The summed E-state index contributed by atoms with van der Waals surface area (Å²) in [6.07, 6.45) is 3.62. The quantitative estimate of drug-likeness (QED) is 0.839. The third kappa shape index (κ3) is 3.21. The molecule has 1 amide bonds. The average Bonchev–Trinajstić information content (AvgIpc) is 2.93. The summed E-state index contributed by atoms with van der Waals surface area (Å²) in [5.74, 6) is -0.157. The molecule has 3 N–H and O–H groups in total. The molecule has 2 rings (SSSR count). The topological polar surface area (TPSA) is 68.3 Å². The third-order valence-electron chi connectivity index (χ3n) is 2.73. The van der Waals surface area contributed by atoms with Crippen molar-refractivity contribution in [2.24, 2.45) is 5.73 Å². The molecule has 0 aliphatic rings. The van der Waals surface area contributed by atoms with E-state index < -0.39 is 0 Å². The van der Waals surface area contributed by atoms with Gasteiger partial charge in [-0.25, -0.2) is 0 Å². The number of nitrogens with two attached hydrogens (primary N) is 1. The minimum atomic E-state index is -0.157. The van der Waals surface area contributed by atoms with Gasteiger partial charge in [0.1, 0.15) is 6.26 Å². The largest absolute Gasteiger partial charge is 0.472 e. The highest BCUT2D eigenvalue weighted by molar-refractivity contribution is 5.93. The van der Waals surface area contributed by atoms with Crippen LogP contribution < -0.4 is 11.1 Å². The molecule has 0 saturated carbocycles. The van der Waals surface area contributed by atoms with Gasteiger partial charge in [0.15, 0.2) is 0 Å². The Bertz CT molecular complexity index is 480. The molecule has 4 heteroatoms. The molecule has 4 nitrogen and oxygen atoms in total. The van der Waals surface area contributed by atoms with Gasteiger partial charge in [-0.3, -0.25) is 4.79 Å². The van der Waals surface area contributed by atoms with Crippen molar-refractivity contribution in [3.05, 3.63) is 60.1 Å². The maximum Gasteiger partial charge on any atom is 0.254 e. The van der Waals surface area contributed by atoms with Crippen LogP contribution in [0.5, 0.6) is 0 Å². The smallest absolute Gasteiger partial charge is 0.254 e. The molecule has 0 aliphatic heterocycles. The molecule has 18 heavy (non-hydrogen) atoms. The number of furan rings is 1. The minimum Gasteiger partial charge on any atom is -0.472 e. The molecule has 1 aromatic carbocycles. The van der Waals surface area contributed by atoms with Gasteiger partial charge in [-0.05, 0) is 18.1 Å². The van der Waals surface area contributed by atoms with E-state index in [0.717, 1.165) is 12.0 Å². The number of hydrogen-bond donors (Lipinski definition) is 2. The Hall–Kier alpha value is -2.07. The van der Waals surface area contributed by atoms with Crippen molar-refractivity contribution in [2.45, 2.75) is 12.5 Å². The van der Waals surface area contributed by atoms with Crippen molar-refractivity contribution in [2.75, 3.05) is 6.54 Å². The Morgan fingerprint density at radius 3 is 2.67 bits per heavy atom. The van der Waals surface area contributed by atoms with Crippen LogP contribution in [-0.4, -0.2) is 18.5 Å². The zero-order chi connectivity index (χ0) is 12.8. The SMILES string of the molecule is NCC(Cc1ccccc1)NC(=O)c1ccoc1. The van der Waals surface area contributed by atoms with Gasteiger partial charge in [0.2, 0.25) is 0 Å². The Balaban J connectivity index is 1.96. The summed E-state index contributed by atoms with van der Waals surface area (Å²) in [4.78, 5) is 11.8. The van der Waals surface area contributed by atoms with E-state index in [1.807, 2.05) is 30.3 Å². The van der Waals surface area contributed by atoms with E-state index in [-0.39, 0.29) is 11.9 Å². The van der Waals surface area contributed by atoms with Gasteiger partial charge in [-0.2, -0.15) is 0 Å². The molecular formula is C14H16N2O2. The maximum absolute atomic E-state index is 11.8. The molecule has 1 aromatic heterocycles. The van der Waals surface area contributed by atoms with Gasteiger partial charge in [0.05, 0.1) is 11.8 Å². The van der Waals surface area contributed by atoms with Gasteiger partial charge in [0, 0.05) is 12.6 Å². The van der Waals surface area contributed by atoms with Gasteiger partial charge in [0.25, 0.3) is 5.91 Å². The van der Waals surface area contributed by atoms with E-state index >= 15 is 0 Å². The number of nitrogens with one attached hydrogen (secondary N) is 1. The number of benzene rings is 1. The van der Waals surface area contributed by atoms with Crippen molar-refractivity contribution >= 4 is 5.91 Å². The number of rotatable bonds is 5. The molecule has 0 fully saturated rings. The predicted octanol–water partition coefficient (Wildman–Crippen LogP) is 1.58. The first-order valence-electron chi connectivity index (χ1n) is 5.86. The Morgan fingerprint density at radius 1 is 1.28 bits per heavy atom. The van der Waals surface area contributed by atoms with Crippen molar-refractivity contribution in [1.82, 2.24) is 5.32 Å². The minimum absolute atomic E-state index is 0.0743. The van der Waals surface area contributed by atoms with Crippen molar-refractivity contribution < 1.29 is 9.21 Å². The zero-order valence-corrected chi connectivity index (χ0v) is 10.0. The molecule has 94 valence electrons. The predicted molar refractivity (Wildman–Crippen MR) is 69.2 cm³/mol. The lowest BCUT2D eigenvalue weighted by molar-refractivity contribution is 0.0937. The van der Waals surface area contributed by atoms with Crippen LogP contribution in [0.1, 0.15) is 15.9 Å². The van der Waals surface area contributed by atoms with Crippen molar-refractivity contribution in [3.8, 4) is 0 Å². The summed E-state index contributed by atoms with van der Waals surface area (Å²) >= 11 is 0. The van der Waals surface area contributed by atoms with Crippen LogP contribution in [0.2, 0.25) is 0 Å². The second kappa shape index (κ2) is 6.02. The van der Waals surface area contributed by atoms with Crippen LogP contribution in [0.3, 0.4) is 0 Å². The monoisotopic (exact) mass is 244 g/mol. The summed E-state index contributed by atoms with van der Waals surface area (Å²) in [7, 11) is 0. The van der Waals surface area contributed by atoms with E-state index in [1.54, 1.807) is 6.07 Å². The highest BCUT2D eigenvalue weighted by Crippen LogP contribution is 2.04. The van der Waals surface area contributed by atoms with Crippen LogP contribution in [-0.2, 0) is 6.42 Å². The second-order valence-electron chi connectivity index (χ2n) is 4.11. The lowest BCUT2D eigenvalue weighted by Gasteiger charge is -2.16. The molecule has 0 spiro atoms. The highest BCUT2D eigenvalue weighted by atomic mass is 16.3. The molecule has 2 aromatic rings. The molecule has 0 bridgehead atoms. The average molecular weight is 244 g/mol. The fourth-order valence-electron chi connectivity index (χ4n) is 1.75. The van der Waals surface area contributed by atoms with E-state index in [1.165, 1.54) is 12.5 Å². The molecular weight excluding hydrogens is 228 g/mol. The number of amides is 1. The fourth-order valence-corrected chi connectivity index (χ4v) is 1.75. The summed E-state index contributed by atoms with van der Waals surface area (Å²) in [6, 6.07) is 11.5. The summed E-state index contributed by atoms with van der Waals surface area (Å²) in [5, 5.41) is 2.89. The zero-order valence-electron chi connectivity index (χ0n) is 10.0. The molecule has 0 saturated heterocycles.